The molecule has 1 saturated heterocycles. The third-order valence-corrected chi connectivity index (χ3v) is 10.6. The quantitative estimate of drug-likeness (QED) is 0.0434. The van der Waals surface area contributed by atoms with Gasteiger partial charge < -0.3 is 34.5 Å². The van der Waals surface area contributed by atoms with Gasteiger partial charge in [-0.25, -0.2) is 14.4 Å². The molecule has 2 aliphatic heterocycles. The van der Waals surface area contributed by atoms with Crippen LogP contribution < -0.4 is 34.9 Å². The van der Waals surface area contributed by atoms with E-state index in [0.29, 0.717) is 113 Å². The number of benzene rings is 4. The van der Waals surface area contributed by atoms with E-state index in [1.165, 1.54) is 24.4 Å². The lowest BCUT2D eigenvalue weighted by molar-refractivity contribution is -0.137. The highest BCUT2D eigenvalue weighted by Crippen LogP contribution is 2.39. The van der Waals surface area contributed by atoms with E-state index in [1.807, 2.05) is 13.0 Å². The molecule has 1 fully saturated rings. The molecule has 0 saturated carbocycles. The summed E-state index contributed by atoms with van der Waals surface area (Å²) in [7, 11) is 3.07. The molecule has 7 rings (SSSR count). The van der Waals surface area contributed by atoms with Crippen LogP contribution >= 0.6 is 0 Å². The van der Waals surface area contributed by atoms with Crippen molar-refractivity contribution in [1.82, 2.24) is 25.5 Å². The van der Waals surface area contributed by atoms with Crippen LogP contribution in [0.25, 0.3) is 10.9 Å². The van der Waals surface area contributed by atoms with Crippen LogP contribution in [0.1, 0.15) is 59.2 Å². The lowest BCUT2D eigenvalue weighted by Crippen LogP contribution is -2.52. The van der Waals surface area contributed by atoms with Crippen molar-refractivity contribution in [3.8, 4) is 23.0 Å². The van der Waals surface area contributed by atoms with Gasteiger partial charge in [-0.2, -0.15) is 10.2 Å². The molecule has 5 aromatic rings. The van der Waals surface area contributed by atoms with Crippen molar-refractivity contribution >= 4 is 57.3 Å². The maximum Gasteiger partial charge on any atom is 0.255 e. The van der Waals surface area contributed by atoms with Crippen molar-refractivity contribution in [2.24, 2.45) is 10.2 Å². The van der Waals surface area contributed by atoms with Crippen molar-refractivity contribution < 1.29 is 42.5 Å². The molecule has 0 radical (unpaired) electrons. The van der Waals surface area contributed by atoms with Crippen molar-refractivity contribution in [3.05, 3.63) is 95.1 Å². The van der Waals surface area contributed by atoms with Crippen molar-refractivity contribution in [2.75, 3.05) is 45.8 Å². The third kappa shape index (κ3) is 9.95. The Morgan fingerprint density at radius 2 is 1.74 bits per heavy atom. The number of nitrogens with one attached hydrogen (secondary N) is 3. The van der Waals surface area contributed by atoms with Crippen LogP contribution in [0.4, 0.5) is 27.3 Å². The first-order valence-electron chi connectivity index (χ1n) is 20.2. The first-order valence-corrected chi connectivity index (χ1v) is 20.2. The number of carbonyl (C=O) groups excluding carboxylic acids is 4. The number of hydrogen-bond donors (Lipinski definition) is 3. The van der Waals surface area contributed by atoms with E-state index in [4.69, 9.17) is 18.9 Å². The molecule has 0 bridgehead atoms. The highest BCUT2D eigenvalue weighted by atomic mass is 19.1. The predicted octanol–water partition coefficient (Wildman–Crippen LogP) is 7.11. The average molecular weight is 847 g/mol. The topological polar surface area (TPSA) is 195 Å². The largest absolute Gasteiger partial charge is 0.493 e. The van der Waals surface area contributed by atoms with Gasteiger partial charge >= 0.3 is 0 Å². The number of methoxy groups -OCH3 is 2. The molecule has 2 aliphatic rings. The monoisotopic (exact) mass is 846 g/mol. The first-order chi connectivity index (χ1) is 30.0. The minimum Gasteiger partial charge on any atom is -0.493 e. The van der Waals surface area contributed by atoms with Gasteiger partial charge in [0.2, 0.25) is 11.8 Å². The normalized spacial score (nSPS) is 14.9. The molecule has 16 nitrogen and oxygen atoms in total. The summed E-state index contributed by atoms with van der Waals surface area (Å²) < 4.78 is 37.0. The van der Waals surface area contributed by atoms with E-state index in [0.717, 1.165) is 5.39 Å². The minimum atomic E-state index is -0.733. The first kappa shape index (κ1) is 43.1. The zero-order chi connectivity index (χ0) is 43.8. The van der Waals surface area contributed by atoms with Gasteiger partial charge in [0.15, 0.2) is 28.8 Å². The standard InChI is InChI=1S/C45H47FN8O8/c1-26-18-28(11-12-34(26)46)50-43-32-21-39(38(59-3)22-36(32)48-25-49-43)61-17-7-16-47-15-6-8-30(55)24-62-42-27(2)19-29(20-40(42)60-4)52-53-35-10-5-9-31-33(35)23-54(45(31)58)37-13-14-41(56)51-44(37)57/h5,9-12,18-22,25,37,47H,6-8,13-17,23-24H2,1-4H3,(H,48,49,50)(H,51,56,57). The number of carbonyl (C=O) groups is 4. The number of Topliss-reactive ketones (excluding diaryl/α,β-unsaturated/α-hetero) is 1. The van der Waals surface area contributed by atoms with Crippen molar-refractivity contribution in [2.45, 2.75) is 58.5 Å². The van der Waals surface area contributed by atoms with Crippen LogP contribution in [0, 0.1) is 19.7 Å². The molecule has 3 N–H and O–H groups in total. The number of ether oxygens (including phenoxy) is 4. The summed E-state index contributed by atoms with van der Waals surface area (Å²) in [6, 6.07) is 16.2. The molecular formula is C45H47FN8O8. The summed E-state index contributed by atoms with van der Waals surface area (Å²) in [4.78, 5) is 60.3. The highest BCUT2D eigenvalue weighted by molar-refractivity contribution is 6.06. The highest BCUT2D eigenvalue weighted by Gasteiger charge is 2.40. The van der Waals surface area contributed by atoms with Gasteiger partial charge in [0.25, 0.3) is 5.91 Å². The fourth-order valence-electron chi connectivity index (χ4n) is 7.33. The molecule has 0 aliphatic carbocycles. The molecule has 3 amide bonds. The Hall–Kier alpha value is -7.01. The van der Waals surface area contributed by atoms with Gasteiger partial charge in [-0.15, -0.1) is 0 Å². The molecule has 17 heteroatoms. The summed E-state index contributed by atoms with van der Waals surface area (Å²) in [5.74, 6) is 0.986. The lowest BCUT2D eigenvalue weighted by atomic mass is 10.0. The van der Waals surface area contributed by atoms with Crippen LogP contribution in [-0.4, -0.2) is 84.9 Å². The van der Waals surface area contributed by atoms with Crippen LogP contribution in [0.3, 0.4) is 0 Å². The Balaban J connectivity index is 0.849. The Morgan fingerprint density at radius 1 is 0.919 bits per heavy atom. The molecule has 1 unspecified atom stereocenters. The summed E-state index contributed by atoms with van der Waals surface area (Å²) in [6.45, 7) is 5.29. The number of ketones is 1. The number of imide groups is 1. The van der Waals surface area contributed by atoms with E-state index < -0.39 is 11.9 Å². The van der Waals surface area contributed by atoms with E-state index in [-0.39, 0.29) is 49.4 Å². The Bertz CT molecular complexity index is 2550. The molecule has 4 aromatic carbocycles. The number of aromatic nitrogens is 2. The zero-order valence-electron chi connectivity index (χ0n) is 34.9. The van der Waals surface area contributed by atoms with Gasteiger partial charge in [0, 0.05) is 53.7 Å². The maximum absolute atomic E-state index is 13.8. The Kier molecular flexibility index (Phi) is 13.6. The number of aryl methyl sites for hydroxylation is 2. The number of azo groups is 1. The second-order valence-electron chi connectivity index (χ2n) is 14.9. The number of halogens is 1. The Labute approximate surface area is 357 Å². The molecule has 0 spiro atoms. The number of rotatable bonds is 19. The summed E-state index contributed by atoms with van der Waals surface area (Å²) in [6.07, 6.45) is 3.54. The average Bonchev–Trinajstić information content (AvgIpc) is 3.60. The minimum absolute atomic E-state index is 0.0602. The number of amides is 3. The number of nitrogens with zero attached hydrogens (tertiary/aromatic N) is 5. The number of piperidine rings is 1. The number of fused-ring (bicyclic) bond motifs is 2. The third-order valence-electron chi connectivity index (χ3n) is 10.6. The zero-order valence-corrected chi connectivity index (χ0v) is 34.9. The summed E-state index contributed by atoms with van der Waals surface area (Å²) in [5.41, 5.74) is 4.62. The Morgan fingerprint density at radius 3 is 2.53 bits per heavy atom. The summed E-state index contributed by atoms with van der Waals surface area (Å²) >= 11 is 0. The molecule has 322 valence electrons. The SMILES string of the molecule is COc1cc2ncnc(Nc3ccc(F)c(C)c3)c2cc1OCCCNCCCC(=O)COc1c(C)cc(N=Nc2cccc3c2CN(C2CCC(=O)NC2=O)C3=O)cc1OC. The van der Waals surface area contributed by atoms with Gasteiger partial charge in [0.1, 0.15) is 30.6 Å². The molecule has 1 aromatic heterocycles. The van der Waals surface area contributed by atoms with E-state index in [2.05, 4.69) is 36.1 Å². The van der Waals surface area contributed by atoms with Crippen molar-refractivity contribution in [3.63, 3.8) is 0 Å². The smallest absolute Gasteiger partial charge is 0.255 e. The second-order valence-corrected chi connectivity index (χ2v) is 14.9. The fourth-order valence-corrected chi connectivity index (χ4v) is 7.33. The van der Waals surface area contributed by atoms with Gasteiger partial charge in [-0.3, -0.25) is 24.5 Å². The van der Waals surface area contributed by atoms with E-state index in [9.17, 15) is 23.6 Å². The fraction of sp³-hybridized carbons (Fsp3) is 0.333. The molecule has 1 atom stereocenters. The van der Waals surface area contributed by atoms with Gasteiger partial charge in [0.05, 0.1) is 37.7 Å². The van der Waals surface area contributed by atoms with Gasteiger partial charge in [-0.05, 0) is 99.8 Å². The van der Waals surface area contributed by atoms with E-state index >= 15 is 0 Å². The van der Waals surface area contributed by atoms with Crippen LogP contribution in [-0.2, 0) is 20.9 Å². The predicted molar refractivity (Wildman–Crippen MR) is 228 cm³/mol. The van der Waals surface area contributed by atoms with Gasteiger partial charge in [-0.1, -0.05) is 6.07 Å². The second kappa shape index (κ2) is 19.6. The molecule has 62 heavy (non-hydrogen) atoms. The maximum atomic E-state index is 13.8. The van der Waals surface area contributed by atoms with Crippen LogP contribution in [0.15, 0.2) is 77.2 Å². The van der Waals surface area contributed by atoms with Crippen LogP contribution in [0.2, 0.25) is 0 Å². The number of hydrogen-bond acceptors (Lipinski definition) is 14. The van der Waals surface area contributed by atoms with E-state index in [1.54, 1.807) is 62.6 Å². The molecular weight excluding hydrogens is 800 g/mol. The van der Waals surface area contributed by atoms with Crippen molar-refractivity contribution in [1.29, 1.82) is 0 Å². The lowest BCUT2D eigenvalue weighted by Gasteiger charge is -2.29. The number of anilines is 2. The molecule has 3 heterocycles. The summed E-state index contributed by atoms with van der Waals surface area (Å²) in [5, 5.41) is 18.5. The van der Waals surface area contributed by atoms with Crippen LogP contribution in [0.5, 0.6) is 23.0 Å².